The second kappa shape index (κ2) is 6.85. The molecule has 1 aliphatic rings. The van der Waals surface area contributed by atoms with Crippen molar-refractivity contribution < 1.29 is 13.2 Å². The van der Waals surface area contributed by atoms with Gasteiger partial charge in [-0.05, 0) is 43.3 Å². The summed E-state index contributed by atoms with van der Waals surface area (Å²) in [6.07, 6.45) is 0.305. The predicted octanol–water partition coefficient (Wildman–Crippen LogP) is 3.36. The minimum atomic E-state index is -3.91. The largest absolute Gasteiger partial charge is 0.337 e. The summed E-state index contributed by atoms with van der Waals surface area (Å²) in [6, 6.07) is 12.5. The maximum atomic E-state index is 12.6. The van der Waals surface area contributed by atoms with Crippen molar-refractivity contribution in [2.24, 2.45) is 4.40 Å². The molecule has 1 fully saturated rings. The lowest BCUT2D eigenvalue weighted by atomic mass is 10.2. The van der Waals surface area contributed by atoms with E-state index in [1.165, 1.54) is 17.0 Å². The number of halogens is 1. The fourth-order valence-electron chi connectivity index (χ4n) is 2.43. The zero-order valence-corrected chi connectivity index (χ0v) is 15.0. The first-order valence-electron chi connectivity index (χ1n) is 7.61. The third kappa shape index (κ3) is 3.83. The monoisotopic (exact) mass is 377 g/mol. The highest BCUT2D eigenvalue weighted by Gasteiger charge is 2.28. The quantitative estimate of drug-likeness (QED) is 0.890. The van der Waals surface area contributed by atoms with Crippen LogP contribution in [-0.4, -0.2) is 26.8 Å². The Bertz CT molecular complexity index is 923. The van der Waals surface area contributed by atoms with E-state index in [0.717, 1.165) is 5.56 Å². The average molecular weight is 378 g/mol. The number of nitrogens with zero attached hydrogens (tertiary/aromatic N) is 2. The van der Waals surface area contributed by atoms with Gasteiger partial charge in [-0.1, -0.05) is 29.3 Å². The number of benzene rings is 2. The first-order valence-corrected chi connectivity index (χ1v) is 9.43. The molecule has 0 unspecified atom stereocenters. The normalized spacial score (nSPS) is 16.8. The number of anilines is 1. The smallest absolute Gasteiger partial charge is 0.327 e. The molecule has 0 atom stereocenters. The van der Waals surface area contributed by atoms with E-state index in [9.17, 15) is 13.2 Å². The third-order valence-corrected chi connectivity index (χ3v) is 5.29. The summed E-state index contributed by atoms with van der Waals surface area (Å²) in [5.74, 6) is 0.173. The van der Waals surface area contributed by atoms with E-state index in [4.69, 9.17) is 11.6 Å². The molecule has 0 bridgehead atoms. The third-order valence-electron chi connectivity index (χ3n) is 3.72. The van der Waals surface area contributed by atoms with Gasteiger partial charge in [0.05, 0.1) is 10.6 Å². The lowest BCUT2D eigenvalue weighted by molar-refractivity contribution is 0.248. The van der Waals surface area contributed by atoms with Crippen molar-refractivity contribution in [1.82, 2.24) is 5.32 Å². The summed E-state index contributed by atoms with van der Waals surface area (Å²) in [5, 5.41) is 3.21. The Morgan fingerprint density at radius 3 is 2.36 bits per heavy atom. The molecule has 1 aliphatic heterocycles. The number of sulfonamides is 1. The molecule has 130 valence electrons. The van der Waals surface area contributed by atoms with Gasteiger partial charge in [-0.2, -0.15) is 8.42 Å². The Balaban J connectivity index is 2.02. The molecule has 0 spiro atoms. The van der Waals surface area contributed by atoms with Crippen LogP contribution in [0, 0.1) is 6.92 Å². The van der Waals surface area contributed by atoms with Gasteiger partial charge in [0.1, 0.15) is 5.84 Å². The number of amidine groups is 1. The number of urea groups is 1. The molecule has 0 radical (unpaired) electrons. The highest BCUT2D eigenvalue weighted by Crippen LogP contribution is 2.23. The van der Waals surface area contributed by atoms with E-state index in [0.29, 0.717) is 23.7 Å². The van der Waals surface area contributed by atoms with Crippen LogP contribution in [0.15, 0.2) is 57.8 Å². The molecule has 8 heteroatoms. The molecule has 0 aliphatic carbocycles. The lowest BCUT2D eigenvalue weighted by Crippen LogP contribution is -2.50. The Morgan fingerprint density at radius 2 is 1.72 bits per heavy atom. The number of amides is 2. The van der Waals surface area contributed by atoms with Gasteiger partial charge in [-0.15, -0.1) is 4.40 Å². The van der Waals surface area contributed by atoms with Gasteiger partial charge in [0.25, 0.3) is 10.0 Å². The number of carbonyl (C=O) groups is 1. The van der Waals surface area contributed by atoms with Crippen LogP contribution in [0.3, 0.4) is 0 Å². The molecule has 1 saturated heterocycles. The van der Waals surface area contributed by atoms with Crippen LogP contribution in [0.1, 0.15) is 12.0 Å². The van der Waals surface area contributed by atoms with Crippen molar-refractivity contribution in [3.8, 4) is 0 Å². The fourth-order valence-corrected chi connectivity index (χ4v) is 3.60. The fraction of sp³-hybridized carbons (Fsp3) is 0.176. The van der Waals surface area contributed by atoms with Crippen LogP contribution in [0.5, 0.6) is 0 Å². The van der Waals surface area contributed by atoms with E-state index < -0.39 is 16.1 Å². The van der Waals surface area contributed by atoms with E-state index in [2.05, 4.69) is 9.71 Å². The molecule has 2 amide bonds. The van der Waals surface area contributed by atoms with E-state index in [1.807, 2.05) is 6.92 Å². The number of rotatable bonds is 3. The SMILES string of the molecule is Cc1ccc(S(=O)(=O)N=C2CCNC(=O)N2c2ccc(Cl)cc2)cc1. The van der Waals surface area contributed by atoms with E-state index in [-0.39, 0.29) is 10.7 Å². The number of hydrogen-bond acceptors (Lipinski definition) is 3. The average Bonchev–Trinajstić information content (AvgIpc) is 2.56. The van der Waals surface area contributed by atoms with Crippen molar-refractivity contribution >= 4 is 39.2 Å². The number of hydrogen-bond donors (Lipinski definition) is 1. The van der Waals surface area contributed by atoms with Crippen LogP contribution in [0.25, 0.3) is 0 Å². The summed E-state index contributed by atoms with van der Waals surface area (Å²) in [4.78, 5) is 13.6. The molecule has 1 N–H and O–H groups in total. The molecular weight excluding hydrogens is 362 g/mol. The summed E-state index contributed by atoms with van der Waals surface area (Å²) >= 11 is 5.88. The van der Waals surface area contributed by atoms with Gasteiger partial charge in [-0.3, -0.25) is 0 Å². The summed E-state index contributed by atoms with van der Waals surface area (Å²) in [6.45, 7) is 2.20. The van der Waals surface area contributed by atoms with Crippen molar-refractivity contribution in [2.45, 2.75) is 18.2 Å². The summed E-state index contributed by atoms with van der Waals surface area (Å²) < 4.78 is 29.1. The lowest BCUT2D eigenvalue weighted by Gasteiger charge is -2.28. The highest BCUT2D eigenvalue weighted by molar-refractivity contribution is 7.90. The van der Waals surface area contributed by atoms with Gasteiger partial charge in [0.15, 0.2) is 0 Å². The van der Waals surface area contributed by atoms with Crippen LogP contribution >= 0.6 is 11.6 Å². The Hall–Kier alpha value is -2.38. The second-order valence-electron chi connectivity index (χ2n) is 5.59. The van der Waals surface area contributed by atoms with Crippen molar-refractivity contribution in [1.29, 1.82) is 0 Å². The molecular formula is C17H16ClN3O3S. The molecule has 0 saturated carbocycles. The van der Waals surface area contributed by atoms with Crippen LogP contribution in [-0.2, 0) is 10.0 Å². The number of aryl methyl sites for hydroxylation is 1. The van der Waals surface area contributed by atoms with Gasteiger partial charge >= 0.3 is 6.03 Å². The minimum Gasteiger partial charge on any atom is -0.337 e. The predicted molar refractivity (Wildman–Crippen MR) is 97.7 cm³/mol. The standard InChI is InChI=1S/C17H16ClN3O3S/c1-12-2-8-15(9-3-12)25(23,24)20-16-10-11-19-17(22)21(16)14-6-4-13(18)5-7-14/h2-9H,10-11H2,1H3,(H,19,22). The summed E-state index contributed by atoms with van der Waals surface area (Å²) in [5.41, 5.74) is 1.45. The number of nitrogens with one attached hydrogen (secondary N) is 1. The maximum absolute atomic E-state index is 12.6. The van der Waals surface area contributed by atoms with Gasteiger partial charge in [0, 0.05) is 18.0 Å². The van der Waals surface area contributed by atoms with Crippen LogP contribution in [0.2, 0.25) is 5.02 Å². The molecule has 0 aromatic heterocycles. The molecule has 2 aromatic carbocycles. The van der Waals surface area contributed by atoms with E-state index >= 15 is 0 Å². The molecule has 3 rings (SSSR count). The molecule has 6 nitrogen and oxygen atoms in total. The van der Waals surface area contributed by atoms with Crippen molar-refractivity contribution in [3.05, 3.63) is 59.1 Å². The van der Waals surface area contributed by atoms with Gasteiger partial charge in [0.2, 0.25) is 0 Å². The summed E-state index contributed by atoms with van der Waals surface area (Å²) in [7, 11) is -3.91. The Kier molecular flexibility index (Phi) is 4.78. The van der Waals surface area contributed by atoms with Crippen molar-refractivity contribution in [3.63, 3.8) is 0 Å². The van der Waals surface area contributed by atoms with Crippen LogP contribution < -0.4 is 10.2 Å². The molecule has 25 heavy (non-hydrogen) atoms. The zero-order valence-electron chi connectivity index (χ0n) is 13.4. The van der Waals surface area contributed by atoms with Gasteiger partial charge in [-0.25, -0.2) is 9.69 Å². The number of carbonyl (C=O) groups excluding carboxylic acids is 1. The minimum absolute atomic E-state index is 0.0904. The van der Waals surface area contributed by atoms with Crippen molar-refractivity contribution in [2.75, 3.05) is 11.4 Å². The molecule has 1 heterocycles. The molecule has 2 aromatic rings. The van der Waals surface area contributed by atoms with E-state index in [1.54, 1.807) is 36.4 Å². The van der Waals surface area contributed by atoms with Gasteiger partial charge < -0.3 is 5.32 Å². The Labute approximate surface area is 151 Å². The first kappa shape index (κ1) is 17.4. The van der Waals surface area contributed by atoms with Crippen LogP contribution in [0.4, 0.5) is 10.5 Å². The highest BCUT2D eigenvalue weighted by atomic mass is 35.5. The zero-order chi connectivity index (χ0) is 18.0. The first-order chi connectivity index (χ1) is 11.9. The maximum Gasteiger partial charge on any atom is 0.327 e. The second-order valence-corrected chi connectivity index (χ2v) is 7.63. The topological polar surface area (TPSA) is 78.8 Å². The Morgan fingerprint density at radius 1 is 1.08 bits per heavy atom.